The maximum atomic E-state index is 13.0. The summed E-state index contributed by atoms with van der Waals surface area (Å²) >= 11 is 0. The van der Waals surface area contributed by atoms with Crippen LogP contribution in [0.1, 0.15) is 258 Å². The highest BCUT2D eigenvalue weighted by molar-refractivity contribution is 7.47. The summed E-state index contributed by atoms with van der Waals surface area (Å²) in [6, 6.07) is -0.873. The van der Waals surface area contributed by atoms with Crippen molar-refractivity contribution >= 4 is 13.7 Å². The van der Waals surface area contributed by atoms with Crippen molar-refractivity contribution < 1.29 is 32.9 Å². The molecule has 428 valence electrons. The number of hydrogen-bond donors (Lipinski definition) is 3. The molecule has 0 saturated heterocycles. The van der Waals surface area contributed by atoms with Gasteiger partial charge >= 0.3 is 7.82 Å². The number of quaternary nitrogens is 1. The van der Waals surface area contributed by atoms with Crippen LogP contribution in [0, 0.1) is 0 Å². The number of allylic oxidation sites excluding steroid dienone is 15. The number of phosphoric acid groups is 1. The van der Waals surface area contributed by atoms with Gasteiger partial charge in [0, 0.05) is 6.42 Å². The van der Waals surface area contributed by atoms with Crippen LogP contribution in [0.3, 0.4) is 0 Å². The zero-order chi connectivity index (χ0) is 54.2. The summed E-state index contributed by atoms with van der Waals surface area (Å²) in [4.78, 5) is 23.3. The molecule has 0 spiro atoms. The number of carbonyl (C=O) groups excluding carboxylic acids is 1. The molecule has 9 heteroatoms. The molecule has 0 aliphatic heterocycles. The van der Waals surface area contributed by atoms with E-state index in [2.05, 4.69) is 104 Å². The number of aliphatic hydroxyl groups excluding tert-OH is 1. The second kappa shape index (κ2) is 55.2. The molecule has 0 heterocycles. The van der Waals surface area contributed by atoms with Crippen molar-refractivity contribution in [2.75, 3.05) is 40.9 Å². The van der Waals surface area contributed by atoms with Crippen molar-refractivity contribution in [2.24, 2.45) is 0 Å². The van der Waals surface area contributed by atoms with Crippen LogP contribution < -0.4 is 5.32 Å². The van der Waals surface area contributed by atoms with Gasteiger partial charge in [0.05, 0.1) is 39.9 Å². The summed E-state index contributed by atoms with van der Waals surface area (Å²) in [6.07, 6.45) is 79.5. The predicted molar refractivity (Wildman–Crippen MR) is 322 cm³/mol. The molecule has 0 aromatic heterocycles. The van der Waals surface area contributed by atoms with Gasteiger partial charge in [0.1, 0.15) is 13.2 Å². The SMILES string of the molecule is CC/C=C\C/C=C\C/C=C\C/C=C\C/C=C\C/C=C\C/C=C\CCCCCC(=O)NC(COP(=O)(O)OCC[N+](C)(C)C)C(O)/C=C/CCCCCCCCCCCCCCCCCCCCCCCCCCC. The lowest BCUT2D eigenvalue weighted by molar-refractivity contribution is -0.870. The lowest BCUT2D eigenvalue weighted by Gasteiger charge is -2.25. The molecule has 3 unspecified atom stereocenters. The number of aliphatic hydroxyl groups is 1. The number of nitrogens with one attached hydrogen (secondary N) is 1. The lowest BCUT2D eigenvalue weighted by Crippen LogP contribution is -2.45. The van der Waals surface area contributed by atoms with Gasteiger partial charge in [0.15, 0.2) is 0 Å². The van der Waals surface area contributed by atoms with E-state index < -0.39 is 20.0 Å². The number of amides is 1. The third-order valence-corrected chi connectivity index (χ3v) is 14.3. The van der Waals surface area contributed by atoms with Crippen molar-refractivity contribution in [1.29, 1.82) is 0 Å². The van der Waals surface area contributed by atoms with E-state index in [1.807, 2.05) is 27.2 Å². The average Bonchev–Trinajstić information content (AvgIpc) is 3.36. The molecule has 0 radical (unpaired) electrons. The Morgan fingerprint density at radius 3 is 1.19 bits per heavy atom. The molecule has 0 aliphatic carbocycles. The number of likely N-dealkylation sites (N-methyl/N-ethyl adjacent to an activating group) is 1. The highest BCUT2D eigenvalue weighted by atomic mass is 31.2. The largest absolute Gasteiger partial charge is 0.472 e. The molecular formula is C65H118N2O6P+. The molecule has 0 saturated carbocycles. The highest BCUT2D eigenvalue weighted by Gasteiger charge is 2.27. The van der Waals surface area contributed by atoms with E-state index in [1.54, 1.807) is 6.08 Å². The van der Waals surface area contributed by atoms with Crippen LogP contribution in [-0.2, 0) is 18.4 Å². The first-order valence-corrected chi connectivity index (χ1v) is 32.1. The summed E-state index contributed by atoms with van der Waals surface area (Å²) in [7, 11) is 1.54. The molecule has 1 amide bonds. The number of unbranched alkanes of at least 4 members (excludes halogenated alkanes) is 28. The van der Waals surface area contributed by atoms with Gasteiger partial charge in [-0.2, -0.15) is 0 Å². The molecule has 0 bridgehead atoms. The molecule has 8 nitrogen and oxygen atoms in total. The molecule has 0 aliphatic rings. The number of carbonyl (C=O) groups is 1. The maximum absolute atomic E-state index is 13.0. The van der Waals surface area contributed by atoms with E-state index in [0.29, 0.717) is 17.4 Å². The topological polar surface area (TPSA) is 105 Å². The summed E-state index contributed by atoms with van der Waals surface area (Å²) in [5.41, 5.74) is 0. The van der Waals surface area contributed by atoms with Gasteiger partial charge in [-0.15, -0.1) is 0 Å². The van der Waals surface area contributed by atoms with Gasteiger partial charge in [-0.1, -0.05) is 272 Å². The molecule has 0 aromatic rings. The van der Waals surface area contributed by atoms with Crippen LogP contribution in [0.4, 0.5) is 0 Å². The van der Waals surface area contributed by atoms with Gasteiger partial charge in [0.25, 0.3) is 0 Å². The van der Waals surface area contributed by atoms with E-state index in [1.165, 1.54) is 148 Å². The van der Waals surface area contributed by atoms with Crippen LogP contribution in [-0.4, -0.2) is 73.4 Å². The summed E-state index contributed by atoms with van der Waals surface area (Å²) in [6.45, 7) is 4.69. The van der Waals surface area contributed by atoms with Crippen molar-refractivity contribution in [1.82, 2.24) is 5.32 Å². The molecule has 3 atom stereocenters. The molecular weight excluding hydrogens is 936 g/mol. The average molecular weight is 1050 g/mol. The second-order valence-electron chi connectivity index (χ2n) is 21.7. The summed E-state index contributed by atoms with van der Waals surface area (Å²) in [5.74, 6) is -0.210. The van der Waals surface area contributed by atoms with E-state index in [-0.39, 0.29) is 19.1 Å². The number of hydrogen-bond acceptors (Lipinski definition) is 5. The van der Waals surface area contributed by atoms with E-state index >= 15 is 0 Å². The Morgan fingerprint density at radius 2 is 0.811 bits per heavy atom. The Bertz CT molecular complexity index is 1520. The fourth-order valence-corrected chi connectivity index (χ4v) is 9.29. The van der Waals surface area contributed by atoms with E-state index in [0.717, 1.165) is 89.9 Å². The quantitative estimate of drug-likeness (QED) is 0.0243. The van der Waals surface area contributed by atoms with Gasteiger partial charge in [-0.3, -0.25) is 13.8 Å². The predicted octanol–water partition coefficient (Wildman–Crippen LogP) is 19.0. The van der Waals surface area contributed by atoms with Crippen molar-refractivity contribution in [2.45, 2.75) is 270 Å². The standard InChI is InChI=1S/C65H117N2O6P/c1-6-8-10-12-14-16-18-20-22-24-26-28-30-32-33-35-36-38-40-42-44-46-48-50-52-54-56-58-64(68)63(62-73-74(70,71)72-61-60-67(3,4)5)66-65(69)59-57-55-53-51-49-47-45-43-41-39-37-34-31-29-27-25-23-21-19-17-15-13-11-9-7-2/h9,11,15,17,21,23,27,29,34,37,41,43,47,49,56,58,63-64,68H,6-8,10,12-14,16,18-20,22,24-26,28,30-33,35-36,38-40,42,44-46,48,50-55,57,59-62H2,1-5H3,(H-,66,69,70,71)/p+1/b11-9-,17-15-,23-21-,29-27-,37-34-,43-41-,49-47-,58-56+. The Labute approximate surface area is 458 Å². The fourth-order valence-electron chi connectivity index (χ4n) is 8.55. The van der Waals surface area contributed by atoms with Crippen LogP contribution in [0.25, 0.3) is 0 Å². The third-order valence-electron chi connectivity index (χ3n) is 13.3. The zero-order valence-electron chi connectivity index (χ0n) is 48.8. The normalized spacial score (nSPS) is 14.5. The second-order valence-corrected chi connectivity index (χ2v) is 23.2. The fraction of sp³-hybridized carbons (Fsp3) is 0.738. The minimum absolute atomic E-state index is 0.0497. The number of nitrogens with zero attached hydrogens (tertiary/aromatic N) is 1. The van der Waals surface area contributed by atoms with Gasteiger partial charge < -0.3 is 19.8 Å². The van der Waals surface area contributed by atoms with Crippen molar-refractivity contribution in [3.8, 4) is 0 Å². The first-order valence-electron chi connectivity index (χ1n) is 30.6. The minimum Gasteiger partial charge on any atom is -0.387 e. The van der Waals surface area contributed by atoms with E-state index in [4.69, 9.17) is 9.05 Å². The van der Waals surface area contributed by atoms with Crippen LogP contribution in [0.5, 0.6) is 0 Å². The Balaban J connectivity index is 4.27. The first-order chi connectivity index (χ1) is 36.0. The van der Waals surface area contributed by atoms with Crippen LogP contribution in [0.15, 0.2) is 97.2 Å². The lowest BCUT2D eigenvalue weighted by atomic mass is 10.0. The van der Waals surface area contributed by atoms with Gasteiger partial charge in [-0.05, 0) is 77.0 Å². The maximum Gasteiger partial charge on any atom is 0.472 e. The van der Waals surface area contributed by atoms with Crippen LogP contribution in [0.2, 0.25) is 0 Å². The first kappa shape index (κ1) is 71.4. The number of phosphoric ester groups is 1. The van der Waals surface area contributed by atoms with Crippen molar-refractivity contribution in [3.63, 3.8) is 0 Å². The minimum atomic E-state index is -4.37. The summed E-state index contributed by atoms with van der Waals surface area (Å²) in [5, 5.41) is 13.9. The van der Waals surface area contributed by atoms with Crippen molar-refractivity contribution in [3.05, 3.63) is 97.2 Å². The monoisotopic (exact) mass is 1050 g/mol. The van der Waals surface area contributed by atoms with Gasteiger partial charge in [0.2, 0.25) is 5.91 Å². The van der Waals surface area contributed by atoms with Crippen LogP contribution >= 0.6 is 7.82 Å². The Morgan fingerprint density at radius 1 is 0.473 bits per heavy atom. The molecule has 0 fully saturated rings. The highest BCUT2D eigenvalue weighted by Crippen LogP contribution is 2.43. The molecule has 3 N–H and O–H groups in total. The van der Waals surface area contributed by atoms with E-state index in [9.17, 15) is 19.4 Å². The third kappa shape index (κ3) is 57.1. The molecule has 0 rings (SSSR count). The summed E-state index contributed by atoms with van der Waals surface area (Å²) < 4.78 is 23.7. The smallest absolute Gasteiger partial charge is 0.387 e. The van der Waals surface area contributed by atoms with Gasteiger partial charge in [-0.25, -0.2) is 4.57 Å². The Hall–Kier alpha value is -2.58. The number of rotatable bonds is 55. The Kier molecular flexibility index (Phi) is 53.3. The molecule has 0 aromatic carbocycles. The zero-order valence-corrected chi connectivity index (χ0v) is 49.7. The molecule has 74 heavy (non-hydrogen) atoms.